The molecule has 0 aromatic heterocycles. The Labute approximate surface area is 204 Å². The van der Waals surface area contributed by atoms with Crippen molar-refractivity contribution in [2.45, 2.75) is 44.8 Å². The number of nitrogens with one attached hydrogen (secondary N) is 1. The van der Waals surface area contributed by atoms with Gasteiger partial charge in [0.25, 0.3) is 5.91 Å². The number of benzene rings is 2. The lowest BCUT2D eigenvalue weighted by molar-refractivity contribution is -0.124. The van der Waals surface area contributed by atoms with Gasteiger partial charge in [-0.25, -0.2) is 4.79 Å². The maximum atomic E-state index is 12.9. The molecule has 1 saturated carbocycles. The van der Waals surface area contributed by atoms with Crippen molar-refractivity contribution in [3.8, 4) is 11.5 Å². The Hall–Kier alpha value is -2.32. The molecule has 3 amide bonds. The van der Waals surface area contributed by atoms with E-state index >= 15 is 0 Å². The summed E-state index contributed by atoms with van der Waals surface area (Å²) in [4.78, 5) is 26.8. The highest BCUT2D eigenvalue weighted by atomic mass is 79.9. The maximum absolute atomic E-state index is 12.9. The Morgan fingerprint density at radius 2 is 1.78 bits per heavy atom. The van der Waals surface area contributed by atoms with Crippen molar-refractivity contribution in [2.24, 2.45) is 0 Å². The molecule has 0 unspecified atom stereocenters. The second-order valence-corrected chi connectivity index (χ2v) is 9.66. The summed E-state index contributed by atoms with van der Waals surface area (Å²) >= 11 is 6.98. The molecule has 1 heterocycles. The van der Waals surface area contributed by atoms with Crippen LogP contribution in [0.2, 0.25) is 0 Å². The largest absolute Gasteiger partial charge is 0.493 e. The van der Waals surface area contributed by atoms with E-state index in [1.54, 1.807) is 19.3 Å². The van der Waals surface area contributed by atoms with Crippen molar-refractivity contribution in [3.63, 3.8) is 0 Å². The third-order valence-electron chi connectivity index (χ3n) is 5.74. The molecule has 6 nitrogen and oxygen atoms in total. The van der Waals surface area contributed by atoms with Crippen molar-refractivity contribution in [1.29, 1.82) is 0 Å². The molecular weight excluding hydrogens is 540 g/mol. The van der Waals surface area contributed by atoms with Gasteiger partial charge in [0, 0.05) is 15.0 Å². The first-order chi connectivity index (χ1) is 15.5. The molecule has 4 rings (SSSR count). The summed E-state index contributed by atoms with van der Waals surface area (Å²) in [5.41, 5.74) is 2.01. The van der Waals surface area contributed by atoms with Crippen molar-refractivity contribution in [1.82, 2.24) is 10.2 Å². The first-order valence-corrected chi connectivity index (χ1v) is 12.2. The smallest absolute Gasteiger partial charge is 0.329 e. The molecular formula is C24H24Br2N2O4. The molecule has 2 fully saturated rings. The molecule has 0 bridgehead atoms. The fourth-order valence-corrected chi connectivity index (χ4v) is 4.75. The van der Waals surface area contributed by atoms with Gasteiger partial charge in [-0.05, 0) is 54.3 Å². The molecule has 2 aliphatic rings. The number of methoxy groups -OCH3 is 1. The van der Waals surface area contributed by atoms with Gasteiger partial charge in [-0.3, -0.25) is 9.69 Å². The number of carbonyl (C=O) groups is 2. The number of nitrogens with zero attached hydrogens (tertiary/aromatic N) is 1. The number of imide groups is 1. The Kier molecular flexibility index (Phi) is 7.20. The number of ether oxygens (including phenoxy) is 2. The predicted octanol–water partition coefficient (Wildman–Crippen LogP) is 6.02. The fraction of sp³-hybridized carbons (Fsp3) is 0.333. The van der Waals surface area contributed by atoms with E-state index in [9.17, 15) is 9.59 Å². The van der Waals surface area contributed by atoms with Gasteiger partial charge in [0.05, 0.1) is 7.11 Å². The number of carbonyl (C=O) groups excluding carboxylic acids is 2. The lowest BCUT2D eigenvalue weighted by atomic mass is 9.94. The molecule has 168 valence electrons. The minimum Gasteiger partial charge on any atom is -0.493 e. The summed E-state index contributed by atoms with van der Waals surface area (Å²) in [5, 5.41) is 2.73. The maximum Gasteiger partial charge on any atom is 0.329 e. The molecule has 0 spiro atoms. The monoisotopic (exact) mass is 562 g/mol. The molecule has 0 radical (unpaired) electrons. The number of rotatable bonds is 6. The fourth-order valence-electron chi connectivity index (χ4n) is 4.05. The zero-order valence-corrected chi connectivity index (χ0v) is 20.9. The first-order valence-electron chi connectivity index (χ1n) is 10.6. The van der Waals surface area contributed by atoms with Gasteiger partial charge >= 0.3 is 6.03 Å². The predicted molar refractivity (Wildman–Crippen MR) is 129 cm³/mol. The molecule has 1 aliphatic carbocycles. The van der Waals surface area contributed by atoms with Gasteiger partial charge in [-0.1, -0.05) is 63.3 Å². The highest BCUT2D eigenvalue weighted by Crippen LogP contribution is 2.36. The molecule has 32 heavy (non-hydrogen) atoms. The average Bonchev–Trinajstić information content (AvgIpc) is 3.08. The van der Waals surface area contributed by atoms with E-state index in [1.165, 1.54) is 4.90 Å². The quantitative estimate of drug-likeness (QED) is 0.344. The second-order valence-electron chi connectivity index (χ2n) is 7.89. The lowest BCUT2D eigenvalue weighted by Crippen LogP contribution is -2.41. The van der Waals surface area contributed by atoms with Gasteiger partial charge in [0.15, 0.2) is 11.5 Å². The number of urea groups is 1. The van der Waals surface area contributed by atoms with Crippen molar-refractivity contribution in [2.75, 3.05) is 7.11 Å². The molecule has 0 atom stereocenters. The van der Waals surface area contributed by atoms with Gasteiger partial charge in [-0.2, -0.15) is 0 Å². The van der Waals surface area contributed by atoms with Crippen molar-refractivity contribution >= 4 is 49.9 Å². The minimum atomic E-state index is -0.342. The zero-order chi connectivity index (χ0) is 22.7. The van der Waals surface area contributed by atoms with Crippen LogP contribution in [0, 0.1) is 0 Å². The molecule has 2 aromatic rings. The summed E-state index contributed by atoms with van der Waals surface area (Å²) in [6.07, 6.45) is 6.67. The summed E-state index contributed by atoms with van der Waals surface area (Å²) in [6, 6.07) is 11.1. The molecule has 1 aliphatic heterocycles. The normalized spacial score (nSPS) is 18.2. The van der Waals surface area contributed by atoms with Gasteiger partial charge in [-0.15, -0.1) is 0 Å². The SMILES string of the molecule is COc1cc(/C=C2\NC(=O)N(C3CCCCC3)C2=O)c(Br)cc1OCc1ccc(Br)cc1. The van der Waals surface area contributed by atoms with Crippen molar-refractivity contribution < 1.29 is 19.1 Å². The van der Waals surface area contributed by atoms with Crippen LogP contribution in [0.25, 0.3) is 6.08 Å². The van der Waals surface area contributed by atoms with Crippen LogP contribution in [0.15, 0.2) is 51.0 Å². The Balaban J connectivity index is 1.53. The number of hydrogen-bond donors (Lipinski definition) is 1. The van der Waals surface area contributed by atoms with Gasteiger partial charge < -0.3 is 14.8 Å². The topological polar surface area (TPSA) is 67.9 Å². The lowest BCUT2D eigenvalue weighted by Gasteiger charge is -2.28. The van der Waals surface area contributed by atoms with E-state index in [0.29, 0.717) is 23.7 Å². The van der Waals surface area contributed by atoms with E-state index in [2.05, 4.69) is 37.2 Å². The van der Waals surface area contributed by atoms with Crippen LogP contribution in [0.4, 0.5) is 4.79 Å². The molecule has 1 N–H and O–H groups in total. The van der Waals surface area contributed by atoms with E-state index in [4.69, 9.17) is 9.47 Å². The van der Waals surface area contributed by atoms with Crippen LogP contribution in [0.1, 0.15) is 43.2 Å². The third-order valence-corrected chi connectivity index (χ3v) is 6.96. The van der Waals surface area contributed by atoms with Crippen LogP contribution in [0.3, 0.4) is 0 Å². The molecule has 1 saturated heterocycles. The third kappa shape index (κ3) is 5.02. The number of amides is 3. The Morgan fingerprint density at radius 1 is 1.06 bits per heavy atom. The number of halogens is 2. The standard InChI is InChI=1S/C24H24Br2N2O4/c1-31-21-12-16(19(26)13-22(21)32-14-15-7-9-17(25)10-8-15)11-20-23(29)28(24(30)27-20)18-5-3-2-4-6-18/h7-13,18H,2-6,14H2,1H3,(H,27,30)/b20-11-. The van der Waals surface area contributed by atoms with E-state index in [-0.39, 0.29) is 23.7 Å². The van der Waals surface area contributed by atoms with Crippen LogP contribution in [0.5, 0.6) is 11.5 Å². The summed E-state index contributed by atoms with van der Waals surface area (Å²) in [7, 11) is 1.57. The van der Waals surface area contributed by atoms with Gasteiger partial charge in [0.1, 0.15) is 12.3 Å². The first kappa shape index (κ1) is 22.9. The number of hydrogen-bond acceptors (Lipinski definition) is 4. The van der Waals surface area contributed by atoms with E-state index in [0.717, 1.165) is 46.6 Å². The second kappa shape index (κ2) is 10.1. The van der Waals surface area contributed by atoms with Crippen LogP contribution in [-0.2, 0) is 11.4 Å². The summed E-state index contributed by atoms with van der Waals surface area (Å²) in [5.74, 6) is 0.844. The average molecular weight is 564 g/mol. The summed E-state index contributed by atoms with van der Waals surface area (Å²) < 4.78 is 13.2. The Morgan fingerprint density at radius 3 is 2.47 bits per heavy atom. The highest BCUT2D eigenvalue weighted by Gasteiger charge is 2.39. The van der Waals surface area contributed by atoms with E-state index in [1.807, 2.05) is 30.3 Å². The van der Waals surface area contributed by atoms with Crippen molar-refractivity contribution in [3.05, 3.63) is 62.2 Å². The Bertz CT molecular complexity index is 1050. The molecule has 8 heteroatoms. The highest BCUT2D eigenvalue weighted by molar-refractivity contribution is 9.10. The van der Waals surface area contributed by atoms with Crippen LogP contribution >= 0.6 is 31.9 Å². The molecule has 2 aromatic carbocycles. The minimum absolute atomic E-state index is 0.0190. The summed E-state index contributed by atoms with van der Waals surface area (Å²) in [6.45, 7) is 0.390. The zero-order valence-electron chi connectivity index (χ0n) is 17.7. The van der Waals surface area contributed by atoms with E-state index < -0.39 is 0 Å². The van der Waals surface area contributed by atoms with Crippen LogP contribution < -0.4 is 14.8 Å². The van der Waals surface area contributed by atoms with Gasteiger partial charge in [0.2, 0.25) is 0 Å². The van der Waals surface area contributed by atoms with Crippen LogP contribution in [-0.4, -0.2) is 30.0 Å².